The number of benzene rings is 2. The Labute approximate surface area is 158 Å². The maximum Gasteiger partial charge on any atom is 0.246 e. The summed E-state index contributed by atoms with van der Waals surface area (Å²) in [6.07, 6.45) is 5.11. The summed E-state index contributed by atoms with van der Waals surface area (Å²) >= 11 is 1.60. The van der Waals surface area contributed by atoms with Crippen LogP contribution in [0.2, 0.25) is 0 Å². The van der Waals surface area contributed by atoms with E-state index in [9.17, 15) is 9.59 Å². The third-order valence-corrected chi connectivity index (χ3v) is 4.35. The molecule has 26 heavy (non-hydrogen) atoms. The fourth-order valence-electron chi connectivity index (χ4n) is 2.23. The first kappa shape index (κ1) is 19.6. The van der Waals surface area contributed by atoms with E-state index in [1.165, 1.54) is 11.0 Å². The first-order chi connectivity index (χ1) is 12.5. The Balaban J connectivity index is 1.91. The third kappa shape index (κ3) is 5.97. The summed E-state index contributed by atoms with van der Waals surface area (Å²) < 4.78 is 5.15. The number of hydrogen-bond acceptors (Lipinski definition) is 4. The lowest BCUT2D eigenvalue weighted by molar-refractivity contribution is -0.129. The van der Waals surface area contributed by atoms with E-state index in [0.717, 1.165) is 21.9 Å². The van der Waals surface area contributed by atoms with E-state index < -0.39 is 0 Å². The summed E-state index contributed by atoms with van der Waals surface area (Å²) in [7, 11) is 3.19. The van der Waals surface area contributed by atoms with Crippen LogP contribution in [0.25, 0.3) is 6.08 Å². The molecule has 2 aromatic rings. The number of carbonyl (C=O) groups is 2. The average Bonchev–Trinajstić information content (AvgIpc) is 2.66. The van der Waals surface area contributed by atoms with Gasteiger partial charge in [0.1, 0.15) is 5.75 Å². The van der Waals surface area contributed by atoms with Gasteiger partial charge in [-0.25, -0.2) is 0 Å². The number of thioether (sulfide) groups is 1. The number of nitrogens with one attached hydrogen (secondary N) is 1. The van der Waals surface area contributed by atoms with Crippen molar-refractivity contribution in [3.05, 3.63) is 60.2 Å². The quantitative estimate of drug-likeness (QED) is 0.598. The number of hydrogen-bond donors (Lipinski definition) is 1. The molecule has 2 amide bonds. The molecule has 0 aliphatic carbocycles. The first-order valence-electron chi connectivity index (χ1n) is 8.03. The van der Waals surface area contributed by atoms with E-state index >= 15 is 0 Å². The summed E-state index contributed by atoms with van der Waals surface area (Å²) in [5.74, 6) is 0.231. The van der Waals surface area contributed by atoms with Crippen LogP contribution in [0.3, 0.4) is 0 Å². The maximum atomic E-state index is 12.2. The van der Waals surface area contributed by atoms with Crippen molar-refractivity contribution in [2.45, 2.75) is 4.90 Å². The van der Waals surface area contributed by atoms with Gasteiger partial charge in [-0.2, -0.15) is 0 Å². The smallest absolute Gasteiger partial charge is 0.246 e. The van der Waals surface area contributed by atoms with Gasteiger partial charge in [-0.3, -0.25) is 9.59 Å². The molecule has 0 spiro atoms. The van der Waals surface area contributed by atoms with E-state index in [1.807, 2.05) is 54.8 Å². The Morgan fingerprint density at radius 3 is 2.69 bits per heavy atom. The monoisotopic (exact) mass is 370 g/mol. The Kier molecular flexibility index (Phi) is 7.29. The van der Waals surface area contributed by atoms with Gasteiger partial charge in [0.05, 0.1) is 13.7 Å². The van der Waals surface area contributed by atoms with E-state index in [-0.39, 0.29) is 18.4 Å². The van der Waals surface area contributed by atoms with Gasteiger partial charge in [0, 0.05) is 23.7 Å². The van der Waals surface area contributed by atoms with Gasteiger partial charge in [-0.15, -0.1) is 11.8 Å². The van der Waals surface area contributed by atoms with Crippen molar-refractivity contribution in [3.63, 3.8) is 0 Å². The molecule has 0 fully saturated rings. The van der Waals surface area contributed by atoms with E-state index in [0.29, 0.717) is 0 Å². The molecular formula is C20H22N2O3S. The van der Waals surface area contributed by atoms with Gasteiger partial charge in [-0.05, 0) is 48.2 Å². The molecule has 0 atom stereocenters. The lowest BCUT2D eigenvalue weighted by Gasteiger charge is -2.15. The molecule has 0 bridgehead atoms. The normalized spacial score (nSPS) is 10.6. The molecule has 136 valence electrons. The second kappa shape index (κ2) is 9.68. The Hall–Kier alpha value is -2.73. The van der Waals surface area contributed by atoms with Gasteiger partial charge < -0.3 is 15.0 Å². The minimum Gasteiger partial charge on any atom is -0.497 e. The van der Waals surface area contributed by atoms with Crippen molar-refractivity contribution in [3.8, 4) is 5.75 Å². The van der Waals surface area contributed by atoms with Crippen LogP contribution < -0.4 is 10.1 Å². The highest BCUT2D eigenvalue weighted by Gasteiger charge is 2.11. The predicted molar refractivity (Wildman–Crippen MR) is 107 cm³/mol. The predicted octanol–water partition coefficient (Wildman–Crippen LogP) is 3.53. The zero-order chi connectivity index (χ0) is 18.9. The molecule has 1 N–H and O–H groups in total. The molecule has 0 saturated heterocycles. The number of anilines is 1. The van der Waals surface area contributed by atoms with Crippen LogP contribution in [0.5, 0.6) is 5.75 Å². The number of nitrogens with zero attached hydrogens (tertiary/aromatic N) is 1. The minimum atomic E-state index is -0.249. The number of likely N-dealkylation sites (N-methyl/N-ethyl adjacent to an activating group) is 1. The van der Waals surface area contributed by atoms with Crippen LogP contribution in [0, 0.1) is 0 Å². The molecule has 0 aliphatic rings. The lowest BCUT2D eigenvalue weighted by atomic mass is 10.2. The number of methoxy groups -OCH3 is 1. The van der Waals surface area contributed by atoms with Crippen LogP contribution in [0.1, 0.15) is 5.56 Å². The Morgan fingerprint density at radius 2 is 1.96 bits per heavy atom. The molecular weight excluding hydrogens is 348 g/mol. The maximum absolute atomic E-state index is 12.2. The van der Waals surface area contributed by atoms with Gasteiger partial charge in [-0.1, -0.05) is 18.2 Å². The molecule has 0 aliphatic heterocycles. The molecule has 5 nitrogen and oxygen atoms in total. The highest BCUT2D eigenvalue weighted by Crippen LogP contribution is 2.19. The van der Waals surface area contributed by atoms with Crippen molar-refractivity contribution >= 4 is 35.3 Å². The van der Waals surface area contributed by atoms with Crippen molar-refractivity contribution in [2.24, 2.45) is 0 Å². The summed E-state index contributed by atoms with van der Waals surface area (Å²) in [6.45, 7) is -0.0230. The summed E-state index contributed by atoms with van der Waals surface area (Å²) in [5, 5.41) is 2.80. The van der Waals surface area contributed by atoms with Crippen LogP contribution in [-0.2, 0) is 9.59 Å². The highest BCUT2D eigenvalue weighted by atomic mass is 32.2. The number of carbonyl (C=O) groups excluding carboxylic acids is 2. The van der Waals surface area contributed by atoms with Crippen LogP contribution in [0.15, 0.2) is 59.5 Å². The van der Waals surface area contributed by atoms with Crippen molar-refractivity contribution in [1.29, 1.82) is 0 Å². The van der Waals surface area contributed by atoms with Gasteiger partial charge >= 0.3 is 0 Å². The molecule has 0 aromatic heterocycles. The van der Waals surface area contributed by atoms with Crippen molar-refractivity contribution in [1.82, 2.24) is 4.90 Å². The van der Waals surface area contributed by atoms with Crippen LogP contribution >= 0.6 is 11.8 Å². The number of rotatable bonds is 7. The fraction of sp³-hybridized carbons (Fsp3) is 0.200. The molecule has 0 radical (unpaired) electrons. The number of amides is 2. The summed E-state index contributed by atoms with van der Waals surface area (Å²) in [6, 6.07) is 15.0. The van der Waals surface area contributed by atoms with E-state index in [4.69, 9.17) is 4.74 Å². The van der Waals surface area contributed by atoms with Gasteiger partial charge in [0.25, 0.3) is 0 Å². The molecule has 0 saturated carbocycles. The second-order valence-electron chi connectivity index (χ2n) is 5.58. The molecule has 6 heteroatoms. The summed E-state index contributed by atoms with van der Waals surface area (Å²) in [5.41, 5.74) is 1.57. The largest absolute Gasteiger partial charge is 0.497 e. The van der Waals surface area contributed by atoms with Crippen molar-refractivity contribution in [2.75, 3.05) is 32.3 Å². The summed E-state index contributed by atoms with van der Waals surface area (Å²) in [4.78, 5) is 26.7. The van der Waals surface area contributed by atoms with Crippen LogP contribution in [-0.4, -0.2) is 43.7 Å². The third-order valence-electron chi connectivity index (χ3n) is 3.62. The standard InChI is InChI=1S/C20H22N2O3S/c1-22(14-19(23)21-16-7-5-9-18(13-16)26-3)20(24)11-10-15-6-4-8-17(12-15)25-2/h4-13H,14H2,1-3H3,(H,21,23)/b11-10+. The van der Waals surface area contributed by atoms with E-state index in [1.54, 1.807) is 32.0 Å². The SMILES string of the molecule is COc1cccc(/C=C/C(=O)N(C)CC(=O)Nc2cccc(SC)c2)c1. The Bertz CT molecular complexity index is 805. The molecule has 2 aromatic carbocycles. The number of ether oxygens (including phenoxy) is 1. The zero-order valence-corrected chi connectivity index (χ0v) is 15.9. The van der Waals surface area contributed by atoms with Crippen LogP contribution in [0.4, 0.5) is 5.69 Å². The highest BCUT2D eigenvalue weighted by molar-refractivity contribution is 7.98. The average molecular weight is 370 g/mol. The fourth-order valence-corrected chi connectivity index (χ4v) is 2.69. The van der Waals surface area contributed by atoms with Gasteiger partial charge in [0.15, 0.2) is 0 Å². The Morgan fingerprint density at radius 1 is 1.19 bits per heavy atom. The van der Waals surface area contributed by atoms with Crippen molar-refractivity contribution < 1.29 is 14.3 Å². The minimum absolute atomic E-state index is 0.0230. The lowest BCUT2D eigenvalue weighted by Crippen LogP contribution is -2.33. The molecule has 2 rings (SSSR count). The molecule has 0 heterocycles. The molecule has 0 unspecified atom stereocenters. The zero-order valence-electron chi connectivity index (χ0n) is 15.1. The van der Waals surface area contributed by atoms with E-state index in [2.05, 4.69) is 5.32 Å². The first-order valence-corrected chi connectivity index (χ1v) is 9.25. The topological polar surface area (TPSA) is 58.6 Å². The van der Waals surface area contributed by atoms with Gasteiger partial charge in [0.2, 0.25) is 11.8 Å². The second-order valence-corrected chi connectivity index (χ2v) is 6.46.